The first-order valence-corrected chi connectivity index (χ1v) is 11.1. The van der Waals surface area contributed by atoms with Gasteiger partial charge in [0.25, 0.3) is 0 Å². The van der Waals surface area contributed by atoms with Crippen molar-refractivity contribution in [2.24, 2.45) is 0 Å². The summed E-state index contributed by atoms with van der Waals surface area (Å²) in [5.41, 5.74) is 4.72. The molecule has 7 heteroatoms. The third-order valence-corrected chi connectivity index (χ3v) is 6.79. The van der Waals surface area contributed by atoms with E-state index in [1.165, 1.54) is 12.1 Å². The summed E-state index contributed by atoms with van der Waals surface area (Å²) >= 11 is 0. The van der Waals surface area contributed by atoms with Crippen molar-refractivity contribution in [3.8, 4) is 16.9 Å². The van der Waals surface area contributed by atoms with Gasteiger partial charge in [-0.3, -0.25) is 0 Å². The summed E-state index contributed by atoms with van der Waals surface area (Å²) in [6.07, 6.45) is 2.55. The van der Waals surface area contributed by atoms with E-state index in [9.17, 15) is 12.8 Å². The fraction of sp³-hybridized carbons (Fsp3) is 0.286. The van der Waals surface area contributed by atoms with E-state index in [1.54, 1.807) is 16.8 Å². The highest BCUT2D eigenvalue weighted by Gasteiger charge is 2.27. The number of aromatic nitrogens is 2. The largest absolute Gasteiger partial charge is 0.309 e. The number of hydrogen-bond donors (Lipinski definition) is 1. The van der Waals surface area contributed by atoms with Crippen LogP contribution in [0.15, 0.2) is 54.7 Å². The van der Waals surface area contributed by atoms with E-state index in [1.807, 2.05) is 37.4 Å². The van der Waals surface area contributed by atoms with E-state index in [2.05, 4.69) is 5.32 Å². The van der Waals surface area contributed by atoms with E-state index in [-0.39, 0.29) is 23.4 Å². The van der Waals surface area contributed by atoms with Crippen molar-refractivity contribution < 1.29 is 12.8 Å². The number of benzene rings is 2. The summed E-state index contributed by atoms with van der Waals surface area (Å²) in [5.74, 6) is 0.127. The SMILES string of the molecule is Cc1ccc(-c2nn(-c3ccc(F)cc3)cc2CNC2CCS(=O)(=O)C2)cc1. The minimum absolute atomic E-state index is 0.0370. The van der Waals surface area contributed by atoms with Gasteiger partial charge in [-0.2, -0.15) is 5.10 Å². The fourth-order valence-corrected chi connectivity index (χ4v) is 5.14. The molecule has 1 N–H and O–H groups in total. The Morgan fingerprint density at radius 3 is 2.50 bits per heavy atom. The van der Waals surface area contributed by atoms with Gasteiger partial charge in [0, 0.05) is 29.9 Å². The first-order chi connectivity index (χ1) is 13.4. The second-order valence-corrected chi connectivity index (χ2v) is 9.50. The highest BCUT2D eigenvalue weighted by atomic mass is 32.2. The van der Waals surface area contributed by atoms with Gasteiger partial charge in [-0.1, -0.05) is 29.8 Å². The van der Waals surface area contributed by atoms with Gasteiger partial charge in [-0.15, -0.1) is 0 Å². The van der Waals surface area contributed by atoms with Crippen molar-refractivity contribution in [2.45, 2.75) is 25.9 Å². The molecular weight excluding hydrogens is 377 g/mol. The predicted molar refractivity (Wildman–Crippen MR) is 108 cm³/mol. The van der Waals surface area contributed by atoms with Crippen LogP contribution in [0.1, 0.15) is 17.5 Å². The number of hydrogen-bond acceptors (Lipinski definition) is 4. The standard InChI is InChI=1S/C21H22FN3O2S/c1-15-2-4-16(5-3-15)21-17(12-23-19-10-11-28(26,27)14-19)13-25(24-21)20-8-6-18(22)7-9-20/h2-9,13,19,23H,10-12,14H2,1H3. The zero-order valence-corrected chi connectivity index (χ0v) is 16.4. The molecule has 1 atom stereocenters. The van der Waals surface area contributed by atoms with E-state index < -0.39 is 9.84 Å². The molecule has 0 spiro atoms. The van der Waals surface area contributed by atoms with Crippen LogP contribution in [0.4, 0.5) is 4.39 Å². The van der Waals surface area contributed by atoms with Crippen LogP contribution in [0.3, 0.4) is 0 Å². The Balaban J connectivity index is 1.64. The summed E-state index contributed by atoms with van der Waals surface area (Å²) in [4.78, 5) is 0. The summed E-state index contributed by atoms with van der Waals surface area (Å²) < 4.78 is 38.4. The van der Waals surface area contributed by atoms with Crippen LogP contribution < -0.4 is 5.32 Å². The van der Waals surface area contributed by atoms with Crippen LogP contribution in [0.5, 0.6) is 0 Å². The second kappa shape index (κ2) is 7.48. The van der Waals surface area contributed by atoms with E-state index in [0.717, 1.165) is 28.1 Å². The van der Waals surface area contributed by atoms with Gasteiger partial charge in [-0.05, 0) is 37.6 Å². The predicted octanol–water partition coefficient (Wildman–Crippen LogP) is 3.26. The molecule has 1 saturated heterocycles. The summed E-state index contributed by atoms with van der Waals surface area (Å²) in [7, 11) is -2.93. The Morgan fingerprint density at radius 2 is 1.86 bits per heavy atom. The number of nitrogens with one attached hydrogen (secondary N) is 1. The average Bonchev–Trinajstić information content (AvgIpc) is 3.24. The molecule has 1 aliphatic heterocycles. The van der Waals surface area contributed by atoms with Gasteiger partial charge in [0.2, 0.25) is 0 Å². The van der Waals surface area contributed by atoms with Crippen LogP contribution in [0, 0.1) is 12.7 Å². The lowest BCUT2D eigenvalue weighted by molar-refractivity contribution is 0.554. The molecule has 2 heterocycles. The lowest BCUT2D eigenvalue weighted by Crippen LogP contribution is -2.29. The van der Waals surface area contributed by atoms with Crippen LogP contribution in [0.2, 0.25) is 0 Å². The molecule has 5 nitrogen and oxygen atoms in total. The summed E-state index contributed by atoms with van der Waals surface area (Å²) in [6.45, 7) is 2.55. The molecule has 0 amide bonds. The molecule has 4 rings (SSSR count). The van der Waals surface area contributed by atoms with Crippen LogP contribution in [-0.2, 0) is 16.4 Å². The van der Waals surface area contributed by atoms with Crippen molar-refractivity contribution in [1.29, 1.82) is 0 Å². The lowest BCUT2D eigenvalue weighted by atomic mass is 10.1. The summed E-state index contributed by atoms with van der Waals surface area (Å²) in [5, 5.41) is 8.08. The van der Waals surface area contributed by atoms with Crippen LogP contribution in [-0.4, -0.2) is 35.7 Å². The zero-order valence-electron chi connectivity index (χ0n) is 15.6. The van der Waals surface area contributed by atoms with Gasteiger partial charge in [-0.25, -0.2) is 17.5 Å². The first kappa shape index (κ1) is 18.8. The molecule has 1 fully saturated rings. The Bertz CT molecular complexity index is 1070. The van der Waals surface area contributed by atoms with Crippen molar-refractivity contribution in [3.05, 3.63) is 71.7 Å². The lowest BCUT2D eigenvalue weighted by Gasteiger charge is -2.10. The zero-order chi connectivity index (χ0) is 19.7. The minimum Gasteiger partial charge on any atom is -0.309 e. The molecule has 2 aromatic carbocycles. The monoisotopic (exact) mass is 399 g/mol. The maximum Gasteiger partial charge on any atom is 0.151 e. The number of aryl methyl sites for hydroxylation is 1. The molecular formula is C21H22FN3O2S. The van der Waals surface area contributed by atoms with Gasteiger partial charge < -0.3 is 5.32 Å². The molecule has 3 aromatic rings. The Labute approximate surface area is 164 Å². The van der Waals surface area contributed by atoms with Gasteiger partial charge in [0.05, 0.1) is 22.9 Å². The van der Waals surface area contributed by atoms with Crippen molar-refractivity contribution in [3.63, 3.8) is 0 Å². The molecule has 1 unspecified atom stereocenters. The molecule has 1 aromatic heterocycles. The van der Waals surface area contributed by atoms with Gasteiger partial charge in [0.15, 0.2) is 9.84 Å². The normalized spacial score (nSPS) is 18.4. The van der Waals surface area contributed by atoms with Crippen LogP contribution in [0.25, 0.3) is 16.9 Å². The number of sulfone groups is 1. The van der Waals surface area contributed by atoms with Gasteiger partial charge in [0.1, 0.15) is 5.82 Å². The molecule has 0 bridgehead atoms. The van der Waals surface area contributed by atoms with E-state index in [0.29, 0.717) is 13.0 Å². The topological polar surface area (TPSA) is 64.0 Å². The van der Waals surface area contributed by atoms with Crippen LogP contribution >= 0.6 is 0 Å². The average molecular weight is 399 g/mol. The van der Waals surface area contributed by atoms with E-state index in [4.69, 9.17) is 5.10 Å². The minimum atomic E-state index is -2.93. The number of halogens is 1. The number of rotatable bonds is 5. The Morgan fingerprint density at radius 1 is 1.14 bits per heavy atom. The summed E-state index contributed by atoms with van der Waals surface area (Å²) in [6, 6.07) is 14.3. The highest BCUT2D eigenvalue weighted by molar-refractivity contribution is 7.91. The number of nitrogens with zero attached hydrogens (tertiary/aromatic N) is 2. The highest BCUT2D eigenvalue weighted by Crippen LogP contribution is 2.25. The Hall–Kier alpha value is -2.51. The molecule has 28 heavy (non-hydrogen) atoms. The van der Waals surface area contributed by atoms with E-state index >= 15 is 0 Å². The quantitative estimate of drug-likeness (QED) is 0.715. The third-order valence-electron chi connectivity index (χ3n) is 5.02. The molecule has 146 valence electrons. The maximum absolute atomic E-state index is 13.3. The molecule has 1 aliphatic rings. The van der Waals surface area contributed by atoms with Crippen molar-refractivity contribution >= 4 is 9.84 Å². The van der Waals surface area contributed by atoms with Crippen molar-refractivity contribution in [2.75, 3.05) is 11.5 Å². The smallest absolute Gasteiger partial charge is 0.151 e. The second-order valence-electron chi connectivity index (χ2n) is 7.27. The molecule has 0 aliphatic carbocycles. The fourth-order valence-electron chi connectivity index (χ4n) is 3.43. The Kier molecular flexibility index (Phi) is 5.03. The third kappa shape index (κ3) is 4.15. The first-order valence-electron chi connectivity index (χ1n) is 9.25. The molecule has 0 saturated carbocycles. The van der Waals surface area contributed by atoms with Crippen molar-refractivity contribution in [1.82, 2.24) is 15.1 Å². The maximum atomic E-state index is 13.3. The molecule has 0 radical (unpaired) electrons. The van der Waals surface area contributed by atoms with Gasteiger partial charge >= 0.3 is 0 Å².